The fourth-order valence-electron chi connectivity index (χ4n) is 4.13. The van der Waals surface area contributed by atoms with Gasteiger partial charge in [0.25, 0.3) is 0 Å². The molecule has 1 aromatic heterocycles. The second-order valence-electron chi connectivity index (χ2n) is 8.04. The van der Waals surface area contributed by atoms with E-state index in [-0.39, 0.29) is 42.3 Å². The van der Waals surface area contributed by atoms with Gasteiger partial charge in [-0.1, -0.05) is 12.1 Å². The van der Waals surface area contributed by atoms with Crippen molar-refractivity contribution in [2.24, 2.45) is 5.73 Å². The second-order valence-corrected chi connectivity index (χ2v) is 8.04. The molecule has 0 bridgehead atoms. The van der Waals surface area contributed by atoms with E-state index in [2.05, 4.69) is 22.0 Å². The normalized spacial score (nSPS) is 25.6. The Hall–Kier alpha value is -3.20. The van der Waals surface area contributed by atoms with E-state index in [4.69, 9.17) is 11.0 Å². The maximum Gasteiger partial charge on any atom is 0.410 e. The van der Waals surface area contributed by atoms with Crippen molar-refractivity contribution in [2.45, 2.75) is 49.6 Å². The molecule has 3 heterocycles. The zero-order valence-corrected chi connectivity index (χ0v) is 17.0. The first-order valence-electron chi connectivity index (χ1n) is 9.84. The Kier molecular flexibility index (Phi) is 5.12. The maximum atomic E-state index is 14.8. The van der Waals surface area contributed by atoms with Gasteiger partial charge in [-0.2, -0.15) is 23.4 Å². The van der Waals surface area contributed by atoms with E-state index in [1.54, 1.807) is 0 Å². The zero-order chi connectivity index (χ0) is 23.4. The Bertz CT molecular complexity index is 1100. The number of alkyl halides is 3. The van der Waals surface area contributed by atoms with Gasteiger partial charge in [0.1, 0.15) is 29.2 Å². The molecule has 1 fully saturated rings. The largest absolute Gasteiger partial charge is 0.410 e. The fraction of sp³-hybridized carbons (Fsp3) is 0.450. The molecule has 0 radical (unpaired) electrons. The molecule has 0 aliphatic carbocycles. The van der Waals surface area contributed by atoms with Gasteiger partial charge in [0.05, 0.1) is 12.6 Å². The van der Waals surface area contributed by atoms with Crippen LogP contribution in [0.4, 0.5) is 27.9 Å². The summed E-state index contributed by atoms with van der Waals surface area (Å²) in [6.07, 6.45) is -1.66. The van der Waals surface area contributed by atoms with Crippen LogP contribution in [0, 0.1) is 30.0 Å². The molecule has 2 aliphatic rings. The zero-order valence-electron chi connectivity index (χ0n) is 17.0. The number of anilines is 1. The van der Waals surface area contributed by atoms with Crippen LogP contribution >= 0.6 is 0 Å². The predicted molar refractivity (Wildman–Crippen MR) is 104 cm³/mol. The highest BCUT2D eigenvalue weighted by Gasteiger charge is 2.54. The minimum atomic E-state index is -4.59. The third-order valence-electron chi connectivity index (χ3n) is 6.09. The number of benzene rings is 1. The summed E-state index contributed by atoms with van der Waals surface area (Å²) in [5.41, 5.74) is 4.88. The van der Waals surface area contributed by atoms with Crippen molar-refractivity contribution in [3.05, 3.63) is 53.4 Å². The number of nitrogens with one attached hydrogen (secondary N) is 1. The van der Waals surface area contributed by atoms with Crippen LogP contribution in [0.2, 0.25) is 0 Å². The highest BCUT2D eigenvalue weighted by atomic mass is 19.4. The van der Waals surface area contributed by atoms with Gasteiger partial charge >= 0.3 is 6.18 Å². The number of nitriles is 1. The van der Waals surface area contributed by atoms with E-state index in [0.29, 0.717) is 0 Å². The van der Waals surface area contributed by atoms with Crippen LogP contribution in [0.25, 0.3) is 0 Å². The lowest BCUT2D eigenvalue weighted by Crippen LogP contribution is -2.45. The van der Waals surface area contributed by atoms with Gasteiger partial charge in [-0.3, -0.25) is 4.90 Å². The number of hydrogen-bond donors (Lipinski definition) is 2. The van der Waals surface area contributed by atoms with Gasteiger partial charge in [-0.05, 0) is 31.4 Å². The molecule has 12 heteroatoms. The number of aromatic nitrogens is 3. The van der Waals surface area contributed by atoms with Gasteiger partial charge in [0, 0.05) is 11.5 Å². The smallest absolute Gasteiger partial charge is 0.343 e. The molecule has 2 aromatic rings. The van der Waals surface area contributed by atoms with Crippen LogP contribution in [0.15, 0.2) is 24.8 Å². The Morgan fingerprint density at radius 3 is 2.69 bits per heavy atom. The summed E-state index contributed by atoms with van der Waals surface area (Å²) in [6.45, 7) is 5.15. The summed E-state index contributed by atoms with van der Waals surface area (Å²) >= 11 is 0. The molecule has 1 aromatic carbocycles. The Morgan fingerprint density at radius 2 is 2.09 bits per heavy atom. The van der Waals surface area contributed by atoms with Gasteiger partial charge in [0.15, 0.2) is 6.19 Å². The van der Waals surface area contributed by atoms with Gasteiger partial charge in [-0.25, -0.2) is 13.5 Å². The number of nitrogens with two attached hydrogens (primary N) is 1. The first-order chi connectivity index (χ1) is 15.0. The number of fused-ring (bicyclic) bond motifs is 1. The molecule has 170 valence electrons. The van der Waals surface area contributed by atoms with Crippen LogP contribution in [-0.4, -0.2) is 44.1 Å². The second kappa shape index (κ2) is 7.44. The molecule has 4 unspecified atom stereocenters. The van der Waals surface area contributed by atoms with Crippen LogP contribution in [0.3, 0.4) is 0 Å². The van der Waals surface area contributed by atoms with Crippen molar-refractivity contribution in [1.82, 2.24) is 19.7 Å². The minimum Gasteiger partial charge on any atom is -0.343 e. The van der Waals surface area contributed by atoms with Crippen molar-refractivity contribution < 1.29 is 22.0 Å². The van der Waals surface area contributed by atoms with E-state index in [1.807, 2.05) is 6.19 Å². The fourth-order valence-corrected chi connectivity index (χ4v) is 4.13. The SMILES string of the molecule is C=CC(Nc1nc2n(n1)C(C(F)(F)F)CCC2c1ccc(F)c(C)c1F)C1(N)CN1C#N. The van der Waals surface area contributed by atoms with E-state index >= 15 is 0 Å². The lowest BCUT2D eigenvalue weighted by Gasteiger charge is -2.30. The van der Waals surface area contributed by atoms with Crippen molar-refractivity contribution >= 4 is 5.95 Å². The first-order valence-corrected chi connectivity index (χ1v) is 9.84. The topological polar surface area (TPSA) is 95.6 Å². The average molecular weight is 453 g/mol. The Labute approximate surface area is 180 Å². The number of halogens is 5. The van der Waals surface area contributed by atoms with Gasteiger partial charge in [-0.15, -0.1) is 11.7 Å². The summed E-state index contributed by atoms with van der Waals surface area (Å²) in [7, 11) is 0. The first kappa shape index (κ1) is 22.0. The lowest BCUT2D eigenvalue weighted by atomic mass is 9.87. The van der Waals surface area contributed by atoms with E-state index in [1.165, 1.54) is 24.0 Å². The van der Waals surface area contributed by atoms with E-state index < -0.39 is 41.5 Å². The Morgan fingerprint density at radius 1 is 1.38 bits per heavy atom. The molecule has 32 heavy (non-hydrogen) atoms. The van der Waals surface area contributed by atoms with Crippen molar-refractivity contribution in [3.8, 4) is 6.19 Å². The summed E-state index contributed by atoms with van der Waals surface area (Å²) in [5.74, 6) is -2.65. The van der Waals surface area contributed by atoms with Crippen molar-refractivity contribution in [2.75, 3.05) is 11.9 Å². The summed E-state index contributed by atoms with van der Waals surface area (Å²) in [5, 5.41) is 15.9. The molecular formula is C20H20F5N7. The molecule has 4 atom stereocenters. The molecule has 0 saturated carbocycles. The van der Waals surface area contributed by atoms with Crippen LogP contribution < -0.4 is 11.1 Å². The average Bonchev–Trinajstić information content (AvgIpc) is 3.23. The Balaban J connectivity index is 1.74. The van der Waals surface area contributed by atoms with Crippen LogP contribution in [0.1, 0.15) is 41.8 Å². The molecular weight excluding hydrogens is 433 g/mol. The van der Waals surface area contributed by atoms with E-state index in [9.17, 15) is 22.0 Å². The third kappa shape index (κ3) is 3.46. The number of hydrogen-bond acceptors (Lipinski definition) is 6. The molecule has 7 nitrogen and oxygen atoms in total. The van der Waals surface area contributed by atoms with Crippen LogP contribution in [0.5, 0.6) is 0 Å². The summed E-state index contributed by atoms with van der Waals surface area (Å²) in [6, 6.07) is -0.358. The number of nitrogens with zero attached hydrogens (tertiary/aromatic N) is 5. The summed E-state index contributed by atoms with van der Waals surface area (Å²) < 4.78 is 70.3. The van der Waals surface area contributed by atoms with Gasteiger partial charge < -0.3 is 11.1 Å². The molecule has 0 amide bonds. The molecule has 2 aliphatic heterocycles. The van der Waals surface area contributed by atoms with Crippen LogP contribution in [-0.2, 0) is 0 Å². The minimum absolute atomic E-state index is 0.0434. The predicted octanol–water partition coefficient (Wildman–Crippen LogP) is 3.31. The quantitative estimate of drug-likeness (QED) is 0.312. The number of rotatable bonds is 5. The molecule has 1 saturated heterocycles. The monoisotopic (exact) mass is 453 g/mol. The van der Waals surface area contributed by atoms with Crippen molar-refractivity contribution in [1.29, 1.82) is 5.26 Å². The highest BCUT2D eigenvalue weighted by molar-refractivity contribution is 5.38. The lowest BCUT2D eigenvalue weighted by molar-refractivity contribution is -0.175. The third-order valence-corrected chi connectivity index (χ3v) is 6.09. The van der Waals surface area contributed by atoms with E-state index in [0.717, 1.165) is 10.7 Å². The van der Waals surface area contributed by atoms with Crippen molar-refractivity contribution in [3.63, 3.8) is 0 Å². The van der Waals surface area contributed by atoms with Gasteiger partial charge in [0.2, 0.25) is 5.95 Å². The maximum absolute atomic E-state index is 14.8. The highest BCUT2D eigenvalue weighted by Crippen LogP contribution is 2.45. The molecule has 4 rings (SSSR count). The molecule has 0 spiro atoms. The summed E-state index contributed by atoms with van der Waals surface area (Å²) in [4.78, 5) is 5.50. The molecule has 3 N–H and O–H groups in total. The standard InChI is InChI=1S/C20H20F5N7/c1-3-14(19(27)8-31(19)9-26)28-18-29-17-12(11-4-6-13(21)10(2)16(11)22)5-7-15(20(23,24)25)32(17)30-18/h3-4,6,12,14-15H,1,5,7-8,27H2,2H3,(H,28,30).